The first-order chi connectivity index (χ1) is 9.88. The lowest BCUT2D eigenvalue weighted by atomic mass is 10.1. The topological polar surface area (TPSA) is 84.5 Å². The van der Waals surface area contributed by atoms with Crippen LogP contribution in [0.2, 0.25) is 0 Å². The molecule has 2 N–H and O–H groups in total. The Balaban J connectivity index is 2.00. The second kappa shape index (κ2) is 6.87. The molecule has 1 aromatic heterocycles. The minimum atomic E-state index is -3.54. The molecule has 1 saturated heterocycles. The standard InChI is InChI=1S/C13H20N2O4S2/c1-9(12-4-3-7-19-12)15-21(17,18)13-6-5-11(20-13)8-14-10(2)16/h5-6,9,12,15H,3-4,7-8H2,1-2H3,(H,14,16)/t9-,12+/m1/s1. The number of nitrogens with one attached hydrogen (secondary N) is 2. The van der Waals surface area contributed by atoms with Gasteiger partial charge < -0.3 is 10.1 Å². The highest BCUT2D eigenvalue weighted by molar-refractivity contribution is 7.91. The Kier molecular flexibility index (Phi) is 5.37. The molecule has 2 rings (SSSR count). The van der Waals surface area contributed by atoms with E-state index >= 15 is 0 Å². The van der Waals surface area contributed by atoms with E-state index in [4.69, 9.17) is 4.74 Å². The summed E-state index contributed by atoms with van der Waals surface area (Å²) < 4.78 is 33.0. The van der Waals surface area contributed by atoms with Crippen LogP contribution in [0.1, 0.15) is 31.6 Å². The smallest absolute Gasteiger partial charge is 0.250 e. The minimum Gasteiger partial charge on any atom is -0.377 e. The number of carbonyl (C=O) groups is 1. The van der Waals surface area contributed by atoms with E-state index in [1.54, 1.807) is 12.1 Å². The highest BCUT2D eigenvalue weighted by Gasteiger charge is 2.27. The molecule has 8 heteroatoms. The van der Waals surface area contributed by atoms with Gasteiger partial charge in [0.15, 0.2) is 0 Å². The molecule has 0 saturated carbocycles. The van der Waals surface area contributed by atoms with Crippen LogP contribution in [-0.2, 0) is 26.1 Å². The summed E-state index contributed by atoms with van der Waals surface area (Å²) in [5, 5.41) is 2.65. The van der Waals surface area contributed by atoms with Gasteiger partial charge in [-0.2, -0.15) is 0 Å². The molecule has 0 unspecified atom stereocenters. The van der Waals surface area contributed by atoms with Crippen molar-refractivity contribution in [1.29, 1.82) is 0 Å². The third-order valence-corrected chi connectivity index (χ3v) is 6.41. The van der Waals surface area contributed by atoms with Gasteiger partial charge in [0.2, 0.25) is 15.9 Å². The van der Waals surface area contributed by atoms with Crippen molar-refractivity contribution in [2.45, 2.75) is 49.6 Å². The summed E-state index contributed by atoms with van der Waals surface area (Å²) in [5.41, 5.74) is 0. The van der Waals surface area contributed by atoms with E-state index in [-0.39, 0.29) is 22.3 Å². The van der Waals surface area contributed by atoms with Crippen molar-refractivity contribution < 1.29 is 17.9 Å². The highest BCUT2D eigenvalue weighted by Crippen LogP contribution is 2.23. The van der Waals surface area contributed by atoms with Crippen LogP contribution < -0.4 is 10.0 Å². The van der Waals surface area contributed by atoms with Crippen LogP contribution in [0.15, 0.2) is 16.3 Å². The molecule has 2 heterocycles. The van der Waals surface area contributed by atoms with Crippen LogP contribution in [-0.4, -0.2) is 33.1 Å². The molecule has 1 aliphatic heterocycles. The van der Waals surface area contributed by atoms with E-state index in [1.165, 1.54) is 6.92 Å². The van der Waals surface area contributed by atoms with E-state index in [0.717, 1.165) is 29.1 Å². The molecule has 1 aliphatic rings. The first-order valence-electron chi connectivity index (χ1n) is 6.85. The van der Waals surface area contributed by atoms with E-state index in [0.29, 0.717) is 13.2 Å². The van der Waals surface area contributed by atoms with Crippen LogP contribution >= 0.6 is 11.3 Å². The molecule has 6 nitrogen and oxygen atoms in total. The average molecular weight is 332 g/mol. The van der Waals surface area contributed by atoms with Crippen LogP contribution in [0.3, 0.4) is 0 Å². The molecule has 21 heavy (non-hydrogen) atoms. The van der Waals surface area contributed by atoms with Gasteiger partial charge in [-0.15, -0.1) is 11.3 Å². The van der Waals surface area contributed by atoms with Crippen molar-refractivity contribution in [3.8, 4) is 0 Å². The molecule has 0 aromatic carbocycles. The number of carbonyl (C=O) groups excluding carboxylic acids is 1. The van der Waals surface area contributed by atoms with E-state index in [9.17, 15) is 13.2 Å². The second-order valence-corrected chi connectivity index (χ2v) is 8.20. The molecule has 1 fully saturated rings. The lowest BCUT2D eigenvalue weighted by Gasteiger charge is -2.19. The van der Waals surface area contributed by atoms with Crippen molar-refractivity contribution >= 4 is 27.3 Å². The number of sulfonamides is 1. The third kappa shape index (κ3) is 4.50. The molecular formula is C13H20N2O4S2. The normalized spacial score (nSPS) is 20.4. The molecular weight excluding hydrogens is 312 g/mol. The molecule has 0 radical (unpaired) electrons. The zero-order valence-corrected chi connectivity index (χ0v) is 13.7. The summed E-state index contributed by atoms with van der Waals surface area (Å²) in [7, 11) is -3.54. The number of hydrogen-bond acceptors (Lipinski definition) is 5. The summed E-state index contributed by atoms with van der Waals surface area (Å²) in [4.78, 5) is 11.7. The maximum atomic E-state index is 12.3. The molecule has 1 amide bonds. The Morgan fingerprint density at radius 3 is 2.90 bits per heavy atom. The van der Waals surface area contributed by atoms with Gasteiger partial charge in [0.1, 0.15) is 4.21 Å². The maximum Gasteiger partial charge on any atom is 0.250 e. The van der Waals surface area contributed by atoms with Crippen LogP contribution in [0, 0.1) is 0 Å². The van der Waals surface area contributed by atoms with Crippen molar-refractivity contribution in [3.63, 3.8) is 0 Å². The number of hydrogen-bond donors (Lipinski definition) is 2. The molecule has 0 spiro atoms. The summed E-state index contributed by atoms with van der Waals surface area (Å²) in [6, 6.07) is 3.02. The second-order valence-electron chi connectivity index (χ2n) is 5.09. The first-order valence-corrected chi connectivity index (χ1v) is 9.15. The van der Waals surface area contributed by atoms with Gasteiger partial charge in [-0.05, 0) is 31.9 Å². The van der Waals surface area contributed by atoms with Gasteiger partial charge in [0.25, 0.3) is 0 Å². The van der Waals surface area contributed by atoms with Gasteiger partial charge in [-0.1, -0.05) is 0 Å². The quantitative estimate of drug-likeness (QED) is 0.820. The van der Waals surface area contributed by atoms with E-state index in [1.807, 2.05) is 6.92 Å². The molecule has 0 bridgehead atoms. The fourth-order valence-corrected chi connectivity index (χ4v) is 4.77. The fourth-order valence-electron chi connectivity index (χ4n) is 2.18. The van der Waals surface area contributed by atoms with Crippen LogP contribution in [0.4, 0.5) is 0 Å². The lowest BCUT2D eigenvalue weighted by molar-refractivity contribution is -0.119. The van der Waals surface area contributed by atoms with Crippen molar-refractivity contribution in [3.05, 3.63) is 17.0 Å². The van der Waals surface area contributed by atoms with Crippen molar-refractivity contribution in [2.24, 2.45) is 0 Å². The Labute approximate surface area is 128 Å². The molecule has 0 aliphatic carbocycles. The van der Waals surface area contributed by atoms with Gasteiger partial charge in [-0.25, -0.2) is 13.1 Å². The van der Waals surface area contributed by atoms with E-state index in [2.05, 4.69) is 10.0 Å². The Morgan fingerprint density at radius 1 is 1.52 bits per heavy atom. The summed E-state index contributed by atoms with van der Waals surface area (Å²) in [6.45, 7) is 4.28. The number of amides is 1. The maximum absolute atomic E-state index is 12.3. The van der Waals surface area contributed by atoms with Gasteiger partial charge in [-0.3, -0.25) is 4.79 Å². The number of thiophene rings is 1. The first kappa shape index (κ1) is 16.4. The lowest BCUT2D eigenvalue weighted by Crippen LogP contribution is -2.40. The Bertz CT molecular complexity index is 591. The number of ether oxygens (including phenoxy) is 1. The zero-order chi connectivity index (χ0) is 15.5. The van der Waals surface area contributed by atoms with Gasteiger partial charge in [0, 0.05) is 24.4 Å². The van der Waals surface area contributed by atoms with E-state index < -0.39 is 10.0 Å². The predicted octanol–water partition coefficient (Wildman–Crippen LogP) is 1.23. The van der Waals surface area contributed by atoms with Gasteiger partial charge in [0.05, 0.1) is 12.6 Å². The summed E-state index contributed by atoms with van der Waals surface area (Å²) in [6.07, 6.45) is 1.79. The monoisotopic (exact) mass is 332 g/mol. The van der Waals surface area contributed by atoms with Crippen molar-refractivity contribution in [1.82, 2.24) is 10.0 Å². The largest absolute Gasteiger partial charge is 0.377 e. The predicted molar refractivity (Wildman–Crippen MR) is 80.6 cm³/mol. The minimum absolute atomic E-state index is 0.0569. The Hall–Kier alpha value is -0.960. The molecule has 2 atom stereocenters. The summed E-state index contributed by atoms with van der Waals surface area (Å²) >= 11 is 1.16. The van der Waals surface area contributed by atoms with Crippen molar-refractivity contribution in [2.75, 3.05) is 6.61 Å². The molecule has 1 aromatic rings. The average Bonchev–Trinajstić information content (AvgIpc) is 3.07. The Morgan fingerprint density at radius 2 is 2.29 bits per heavy atom. The third-order valence-electron chi connectivity index (χ3n) is 3.28. The van der Waals surface area contributed by atoms with Gasteiger partial charge >= 0.3 is 0 Å². The SMILES string of the molecule is CC(=O)NCc1ccc(S(=O)(=O)N[C@H](C)[C@@H]2CCCO2)s1. The molecule has 118 valence electrons. The fraction of sp³-hybridized carbons (Fsp3) is 0.615. The van der Waals surface area contributed by atoms with Crippen LogP contribution in [0.25, 0.3) is 0 Å². The summed E-state index contributed by atoms with van der Waals surface area (Å²) in [5.74, 6) is -0.141. The highest BCUT2D eigenvalue weighted by atomic mass is 32.2. The number of rotatable bonds is 6. The van der Waals surface area contributed by atoms with Crippen LogP contribution in [0.5, 0.6) is 0 Å². The zero-order valence-electron chi connectivity index (χ0n) is 12.1.